The molecule has 3 atom stereocenters. The Morgan fingerprint density at radius 2 is 2.21 bits per heavy atom. The molecule has 1 aromatic rings. The number of benzene rings is 1. The maximum absolute atomic E-state index is 5.75. The first-order valence-electron chi connectivity index (χ1n) is 7.39. The van der Waals surface area contributed by atoms with Crippen LogP contribution in [0.1, 0.15) is 36.9 Å². The average Bonchev–Trinajstić information content (AvgIpc) is 2.92. The fourth-order valence-corrected chi connectivity index (χ4v) is 3.22. The Morgan fingerprint density at radius 1 is 1.32 bits per heavy atom. The molecule has 0 saturated carbocycles. The van der Waals surface area contributed by atoms with Crippen molar-refractivity contribution >= 4 is 0 Å². The van der Waals surface area contributed by atoms with E-state index in [1.165, 1.54) is 17.5 Å². The van der Waals surface area contributed by atoms with Crippen molar-refractivity contribution in [2.45, 2.75) is 38.5 Å². The molecule has 2 aliphatic rings. The van der Waals surface area contributed by atoms with E-state index < -0.39 is 0 Å². The van der Waals surface area contributed by atoms with Crippen molar-refractivity contribution in [3.63, 3.8) is 0 Å². The molecule has 1 N–H and O–H groups in total. The van der Waals surface area contributed by atoms with Gasteiger partial charge in [0.05, 0.1) is 25.4 Å². The molecule has 2 aliphatic heterocycles. The summed E-state index contributed by atoms with van der Waals surface area (Å²) in [6, 6.07) is 8.92. The number of rotatable bonds is 4. The van der Waals surface area contributed by atoms with Gasteiger partial charge in [-0.15, -0.1) is 0 Å². The Morgan fingerprint density at radius 3 is 3.11 bits per heavy atom. The molecule has 19 heavy (non-hydrogen) atoms. The fourth-order valence-electron chi connectivity index (χ4n) is 3.22. The molecule has 0 amide bonds. The van der Waals surface area contributed by atoms with Gasteiger partial charge in [-0.2, -0.15) is 0 Å². The van der Waals surface area contributed by atoms with E-state index in [0.717, 1.165) is 32.8 Å². The summed E-state index contributed by atoms with van der Waals surface area (Å²) >= 11 is 0. The summed E-state index contributed by atoms with van der Waals surface area (Å²) in [6.45, 7) is 5.69. The first-order chi connectivity index (χ1) is 9.38. The third-order valence-corrected chi connectivity index (χ3v) is 4.35. The van der Waals surface area contributed by atoms with Crippen molar-refractivity contribution < 1.29 is 9.47 Å². The second-order valence-corrected chi connectivity index (χ2v) is 5.54. The van der Waals surface area contributed by atoms with Crippen LogP contribution in [-0.2, 0) is 16.1 Å². The molecule has 0 radical (unpaired) electrons. The van der Waals surface area contributed by atoms with Gasteiger partial charge in [0.1, 0.15) is 0 Å². The second-order valence-electron chi connectivity index (χ2n) is 5.54. The van der Waals surface area contributed by atoms with Crippen molar-refractivity contribution in [2.24, 2.45) is 5.92 Å². The average molecular weight is 261 g/mol. The Hall–Kier alpha value is -0.900. The highest BCUT2D eigenvalue weighted by Crippen LogP contribution is 2.27. The minimum Gasteiger partial charge on any atom is -0.378 e. The van der Waals surface area contributed by atoms with Gasteiger partial charge in [-0.1, -0.05) is 31.2 Å². The quantitative estimate of drug-likeness (QED) is 0.904. The summed E-state index contributed by atoms with van der Waals surface area (Å²) in [7, 11) is 0. The van der Waals surface area contributed by atoms with Crippen LogP contribution in [0.15, 0.2) is 24.3 Å². The van der Waals surface area contributed by atoms with Gasteiger partial charge in [-0.25, -0.2) is 0 Å². The zero-order valence-electron chi connectivity index (χ0n) is 11.6. The summed E-state index contributed by atoms with van der Waals surface area (Å²) in [6.07, 6.45) is 2.73. The van der Waals surface area contributed by atoms with Crippen LogP contribution in [-0.4, -0.2) is 25.9 Å². The largest absolute Gasteiger partial charge is 0.378 e. The van der Waals surface area contributed by atoms with Gasteiger partial charge < -0.3 is 14.8 Å². The maximum atomic E-state index is 5.75. The molecular formula is C16H23NO2. The van der Waals surface area contributed by atoms with Gasteiger partial charge in [0.15, 0.2) is 0 Å². The molecule has 0 aliphatic carbocycles. The maximum Gasteiger partial charge on any atom is 0.0721 e. The molecule has 104 valence electrons. The minimum atomic E-state index is 0.336. The van der Waals surface area contributed by atoms with Gasteiger partial charge in [0, 0.05) is 13.2 Å². The van der Waals surface area contributed by atoms with E-state index in [-0.39, 0.29) is 0 Å². The van der Waals surface area contributed by atoms with E-state index in [2.05, 4.69) is 36.5 Å². The van der Waals surface area contributed by atoms with E-state index in [0.29, 0.717) is 18.1 Å². The van der Waals surface area contributed by atoms with Gasteiger partial charge in [0.2, 0.25) is 0 Å². The Kier molecular flexibility index (Phi) is 4.16. The van der Waals surface area contributed by atoms with Crippen LogP contribution in [0.3, 0.4) is 0 Å². The van der Waals surface area contributed by atoms with Crippen LogP contribution in [0.5, 0.6) is 0 Å². The predicted molar refractivity (Wildman–Crippen MR) is 75.0 cm³/mol. The normalized spacial score (nSPS) is 30.3. The summed E-state index contributed by atoms with van der Waals surface area (Å²) < 4.78 is 11.4. The highest BCUT2D eigenvalue weighted by Gasteiger charge is 2.28. The highest BCUT2D eigenvalue weighted by molar-refractivity contribution is 5.31. The van der Waals surface area contributed by atoms with Crippen LogP contribution in [0.4, 0.5) is 0 Å². The van der Waals surface area contributed by atoms with Gasteiger partial charge in [0.25, 0.3) is 0 Å². The van der Waals surface area contributed by atoms with Crippen molar-refractivity contribution in [2.75, 3.05) is 19.8 Å². The molecule has 0 bridgehead atoms. The Balaban J connectivity index is 1.62. The lowest BCUT2D eigenvalue weighted by Crippen LogP contribution is -2.35. The number of hydrogen-bond donors (Lipinski definition) is 1. The van der Waals surface area contributed by atoms with Crippen LogP contribution >= 0.6 is 0 Å². The standard InChI is InChI=1S/C16H23NO2/c1-2-16-12(7-8-19-16)9-17-15-11-18-10-13-5-3-4-6-14(13)15/h3-6,12,15-17H,2,7-11H2,1H3. The van der Waals surface area contributed by atoms with Crippen LogP contribution < -0.4 is 5.32 Å². The molecule has 0 spiro atoms. The minimum absolute atomic E-state index is 0.336. The van der Waals surface area contributed by atoms with Crippen LogP contribution in [0, 0.1) is 5.92 Å². The summed E-state index contributed by atoms with van der Waals surface area (Å²) in [4.78, 5) is 0. The fraction of sp³-hybridized carbons (Fsp3) is 0.625. The van der Waals surface area contributed by atoms with E-state index in [9.17, 15) is 0 Å². The number of fused-ring (bicyclic) bond motifs is 1. The lowest BCUT2D eigenvalue weighted by Gasteiger charge is -2.28. The molecule has 3 unspecified atom stereocenters. The zero-order valence-corrected chi connectivity index (χ0v) is 11.6. The predicted octanol–water partition coefficient (Wildman–Crippen LogP) is 2.66. The smallest absolute Gasteiger partial charge is 0.0721 e. The number of ether oxygens (including phenoxy) is 2. The van der Waals surface area contributed by atoms with Gasteiger partial charge >= 0.3 is 0 Å². The first-order valence-corrected chi connectivity index (χ1v) is 7.39. The summed E-state index contributed by atoms with van der Waals surface area (Å²) in [5.74, 6) is 0.652. The van der Waals surface area contributed by atoms with Crippen molar-refractivity contribution in [1.29, 1.82) is 0 Å². The summed E-state index contributed by atoms with van der Waals surface area (Å²) in [5, 5.41) is 3.68. The first kappa shape index (κ1) is 13.1. The van der Waals surface area contributed by atoms with E-state index in [1.807, 2.05) is 0 Å². The molecule has 1 fully saturated rings. The highest BCUT2D eigenvalue weighted by atomic mass is 16.5. The molecular weight excluding hydrogens is 238 g/mol. The van der Waals surface area contributed by atoms with E-state index >= 15 is 0 Å². The zero-order chi connectivity index (χ0) is 13.1. The van der Waals surface area contributed by atoms with Crippen molar-refractivity contribution in [3.05, 3.63) is 35.4 Å². The molecule has 1 aromatic carbocycles. The monoisotopic (exact) mass is 261 g/mol. The Labute approximate surface area is 115 Å². The van der Waals surface area contributed by atoms with Crippen LogP contribution in [0.2, 0.25) is 0 Å². The second kappa shape index (κ2) is 6.04. The molecule has 2 heterocycles. The third kappa shape index (κ3) is 2.83. The SMILES string of the molecule is CCC1OCCC1CNC1COCc2ccccc21. The number of hydrogen-bond acceptors (Lipinski definition) is 3. The van der Waals surface area contributed by atoms with Crippen LogP contribution in [0.25, 0.3) is 0 Å². The van der Waals surface area contributed by atoms with Gasteiger partial charge in [-0.3, -0.25) is 0 Å². The molecule has 1 saturated heterocycles. The molecule has 3 heteroatoms. The molecule has 3 rings (SSSR count). The lowest BCUT2D eigenvalue weighted by molar-refractivity contribution is 0.0710. The van der Waals surface area contributed by atoms with Crippen molar-refractivity contribution in [1.82, 2.24) is 5.32 Å². The third-order valence-electron chi connectivity index (χ3n) is 4.35. The lowest BCUT2D eigenvalue weighted by atomic mass is 9.96. The molecule has 3 nitrogen and oxygen atoms in total. The van der Waals surface area contributed by atoms with E-state index in [1.54, 1.807) is 0 Å². The van der Waals surface area contributed by atoms with E-state index in [4.69, 9.17) is 9.47 Å². The van der Waals surface area contributed by atoms with Gasteiger partial charge in [-0.05, 0) is 29.9 Å². The summed E-state index contributed by atoms with van der Waals surface area (Å²) in [5.41, 5.74) is 2.72. The van der Waals surface area contributed by atoms with Crippen molar-refractivity contribution in [3.8, 4) is 0 Å². The number of nitrogens with one attached hydrogen (secondary N) is 1. The Bertz CT molecular complexity index is 421. The molecule has 0 aromatic heterocycles. The topological polar surface area (TPSA) is 30.5 Å².